The third kappa shape index (κ3) is 2.48. The molecule has 2 saturated carbocycles. The molecule has 82 valence electrons. The molecule has 2 rings (SSSR count). The molecule has 0 spiro atoms. The molecule has 14 heavy (non-hydrogen) atoms. The van der Waals surface area contributed by atoms with Gasteiger partial charge in [-0.3, -0.25) is 0 Å². The molecular formula is C12H23NO. The summed E-state index contributed by atoms with van der Waals surface area (Å²) in [4.78, 5) is 0. The van der Waals surface area contributed by atoms with Gasteiger partial charge in [0.15, 0.2) is 0 Å². The summed E-state index contributed by atoms with van der Waals surface area (Å²) in [5.41, 5.74) is 0.621. The maximum atomic E-state index is 5.53. The second-order valence-electron chi connectivity index (χ2n) is 5.36. The second kappa shape index (κ2) is 4.19. The Kier molecular flexibility index (Phi) is 3.13. The minimum Gasteiger partial charge on any atom is -0.380 e. The third-order valence-corrected chi connectivity index (χ3v) is 3.90. The van der Waals surface area contributed by atoms with Crippen molar-refractivity contribution in [3.8, 4) is 0 Å². The number of hydrogen-bond donors (Lipinski definition) is 1. The number of rotatable bonds is 4. The Hall–Kier alpha value is -0.0800. The van der Waals surface area contributed by atoms with Crippen molar-refractivity contribution in [2.24, 2.45) is 5.41 Å². The molecule has 0 bridgehead atoms. The van der Waals surface area contributed by atoms with Crippen molar-refractivity contribution < 1.29 is 4.74 Å². The summed E-state index contributed by atoms with van der Waals surface area (Å²) < 4.78 is 5.53. The van der Waals surface area contributed by atoms with Gasteiger partial charge in [0.25, 0.3) is 0 Å². The van der Waals surface area contributed by atoms with Crippen LogP contribution >= 0.6 is 0 Å². The summed E-state index contributed by atoms with van der Waals surface area (Å²) in [5.74, 6) is 0. The van der Waals surface area contributed by atoms with E-state index in [9.17, 15) is 0 Å². The van der Waals surface area contributed by atoms with Crippen LogP contribution in [0.5, 0.6) is 0 Å². The van der Waals surface area contributed by atoms with Crippen LogP contribution < -0.4 is 5.32 Å². The average molecular weight is 197 g/mol. The number of nitrogens with one attached hydrogen (secondary N) is 1. The van der Waals surface area contributed by atoms with Crippen LogP contribution in [0.3, 0.4) is 0 Å². The molecule has 2 aliphatic rings. The average Bonchev–Trinajstić information content (AvgIpc) is 2.95. The SMILES string of the molecule is COC1CCCCC1NCC1(C)CC1. The van der Waals surface area contributed by atoms with Crippen LogP contribution in [0.2, 0.25) is 0 Å². The number of hydrogen-bond acceptors (Lipinski definition) is 2. The van der Waals surface area contributed by atoms with Gasteiger partial charge in [-0.25, -0.2) is 0 Å². The van der Waals surface area contributed by atoms with Gasteiger partial charge >= 0.3 is 0 Å². The first kappa shape index (κ1) is 10.4. The van der Waals surface area contributed by atoms with E-state index in [0.717, 1.165) is 0 Å². The van der Waals surface area contributed by atoms with Gasteiger partial charge < -0.3 is 10.1 Å². The number of methoxy groups -OCH3 is 1. The van der Waals surface area contributed by atoms with E-state index in [1.54, 1.807) is 0 Å². The van der Waals surface area contributed by atoms with Crippen molar-refractivity contribution in [3.63, 3.8) is 0 Å². The highest BCUT2D eigenvalue weighted by Crippen LogP contribution is 2.44. The van der Waals surface area contributed by atoms with Crippen LogP contribution in [-0.4, -0.2) is 25.8 Å². The van der Waals surface area contributed by atoms with Gasteiger partial charge in [0.2, 0.25) is 0 Å². The van der Waals surface area contributed by atoms with Crippen molar-refractivity contribution in [1.82, 2.24) is 5.32 Å². The van der Waals surface area contributed by atoms with Crippen LogP contribution in [0.4, 0.5) is 0 Å². The standard InChI is InChI=1S/C12H23NO/c1-12(7-8-12)9-13-10-5-3-4-6-11(10)14-2/h10-11,13H,3-9H2,1-2H3. The van der Waals surface area contributed by atoms with E-state index in [1.165, 1.54) is 45.1 Å². The molecule has 1 N–H and O–H groups in total. The Balaban J connectivity index is 1.76. The van der Waals surface area contributed by atoms with Crippen LogP contribution in [0.15, 0.2) is 0 Å². The monoisotopic (exact) mass is 197 g/mol. The van der Waals surface area contributed by atoms with E-state index < -0.39 is 0 Å². The predicted molar refractivity (Wildman–Crippen MR) is 58.4 cm³/mol. The Morgan fingerprint density at radius 2 is 2.00 bits per heavy atom. The predicted octanol–water partition coefficient (Wildman–Crippen LogP) is 2.33. The summed E-state index contributed by atoms with van der Waals surface area (Å²) in [5, 5.41) is 3.70. The van der Waals surface area contributed by atoms with E-state index in [1.807, 2.05) is 7.11 Å². The van der Waals surface area contributed by atoms with Crippen LogP contribution in [0.1, 0.15) is 45.4 Å². The summed E-state index contributed by atoms with van der Waals surface area (Å²) >= 11 is 0. The fraction of sp³-hybridized carbons (Fsp3) is 1.00. The minimum atomic E-state index is 0.464. The topological polar surface area (TPSA) is 21.3 Å². The van der Waals surface area contributed by atoms with Crippen molar-refractivity contribution >= 4 is 0 Å². The molecule has 0 heterocycles. The molecule has 2 atom stereocenters. The van der Waals surface area contributed by atoms with Gasteiger partial charge in [-0.2, -0.15) is 0 Å². The van der Waals surface area contributed by atoms with Crippen LogP contribution in [-0.2, 0) is 4.74 Å². The van der Waals surface area contributed by atoms with Gasteiger partial charge in [0.05, 0.1) is 6.10 Å². The zero-order chi connectivity index (χ0) is 10.0. The van der Waals surface area contributed by atoms with Crippen molar-refractivity contribution in [2.75, 3.05) is 13.7 Å². The van der Waals surface area contributed by atoms with Crippen molar-refractivity contribution in [2.45, 2.75) is 57.6 Å². The highest BCUT2D eigenvalue weighted by atomic mass is 16.5. The molecule has 0 saturated heterocycles. The molecule has 0 amide bonds. The van der Waals surface area contributed by atoms with Gasteiger partial charge in [-0.05, 0) is 31.1 Å². The minimum absolute atomic E-state index is 0.464. The molecule has 0 aliphatic heterocycles. The summed E-state index contributed by atoms with van der Waals surface area (Å²) in [6.45, 7) is 3.57. The summed E-state index contributed by atoms with van der Waals surface area (Å²) in [6.07, 6.45) is 8.53. The largest absolute Gasteiger partial charge is 0.380 e. The molecule has 0 aromatic rings. The lowest BCUT2D eigenvalue weighted by Gasteiger charge is -2.32. The van der Waals surface area contributed by atoms with E-state index in [2.05, 4.69) is 12.2 Å². The zero-order valence-corrected chi connectivity index (χ0v) is 9.51. The Bertz CT molecular complexity index is 189. The fourth-order valence-corrected chi connectivity index (χ4v) is 2.38. The Morgan fingerprint density at radius 1 is 1.29 bits per heavy atom. The second-order valence-corrected chi connectivity index (χ2v) is 5.36. The summed E-state index contributed by atoms with van der Waals surface area (Å²) in [7, 11) is 1.85. The van der Waals surface area contributed by atoms with E-state index in [-0.39, 0.29) is 0 Å². The molecule has 0 aromatic heterocycles. The van der Waals surface area contributed by atoms with Crippen LogP contribution in [0, 0.1) is 5.41 Å². The lowest BCUT2D eigenvalue weighted by atomic mass is 9.92. The fourth-order valence-electron chi connectivity index (χ4n) is 2.38. The first-order chi connectivity index (χ1) is 6.73. The van der Waals surface area contributed by atoms with E-state index >= 15 is 0 Å². The Labute approximate surface area is 87.4 Å². The lowest BCUT2D eigenvalue weighted by molar-refractivity contribution is 0.0404. The molecule has 2 aliphatic carbocycles. The van der Waals surface area contributed by atoms with Gasteiger partial charge in [0, 0.05) is 19.7 Å². The first-order valence-electron chi connectivity index (χ1n) is 6.00. The highest BCUT2D eigenvalue weighted by Gasteiger charge is 2.38. The van der Waals surface area contributed by atoms with Crippen LogP contribution in [0.25, 0.3) is 0 Å². The normalized spacial score (nSPS) is 35.6. The molecule has 2 heteroatoms. The maximum absolute atomic E-state index is 5.53. The number of ether oxygens (including phenoxy) is 1. The van der Waals surface area contributed by atoms with E-state index in [0.29, 0.717) is 17.6 Å². The molecular weight excluding hydrogens is 174 g/mol. The van der Waals surface area contributed by atoms with Crippen molar-refractivity contribution in [1.29, 1.82) is 0 Å². The lowest BCUT2D eigenvalue weighted by Crippen LogP contribution is -2.44. The zero-order valence-electron chi connectivity index (χ0n) is 9.51. The summed E-state index contributed by atoms with van der Waals surface area (Å²) in [6, 6.07) is 0.617. The molecule has 2 fully saturated rings. The Morgan fingerprint density at radius 3 is 2.64 bits per heavy atom. The van der Waals surface area contributed by atoms with Crippen molar-refractivity contribution in [3.05, 3.63) is 0 Å². The smallest absolute Gasteiger partial charge is 0.0724 e. The molecule has 0 radical (unpaired) electrons. The third-order valence-electron chi connectivity index (χ3n) is 3.90. The highest BCUT2D eigenvalue weighted by molar-refractivity contribution is 4.92. The molecule has 0 aromatic carbocycles. The van der Waals surface area contributed by atoms with Gasteiger partial charge in [-0.1, -0.05) is 19.8 Å². The quantitative estimate of drug-likeness (QED) is 0.747. The first-order valence-corrected chi connectivity index (χ1v) is 6.00. The van der Waals surface area contributed by atoms with E-state index in [4.69, 9.17) is 4.74 Å². The van der Waals surface area contributed by atoms with Gasteiger partial charge in [0.1, 0.15) is 0 Å². The van der Waals surface area contributed by atoms with Gasteiger partial charge in [-0.15, -0.1) is 0 Å². The molecule has 2 nitrogen and oxygen atoms in total. The maximum Gasteiger partial charge on any atom is 0.0724 e. The molecule has 2 unspecified atom stereocenters.